The summed E-state index contributed by atoms with van der Waals surface area (Å²) in [7, 11) is 0. The normalized spacial score (nSPS) is 20.9. The van der Waals surface area contributed by atoms with Gasteiger partial charge in [-0.05, 0) is 47.8 Å². The maximum Gasteiger partial charge on any atom is 0.173 e. The molecule has 0 spiro atoms. The molecule has 2 rings (SSSR count). The average Bonchev–Trinajstić information content (AvgIpc) is 2.74. The van der Waals surface area contributed by atoms with Crippen LogP contribution < -0.4 is 10.6 Å². The quantitative estimate of drug-likeness (QED) is 0.382. The fourth-order valence-corrected chi connectivity index (χ4v) is 2.91. The van der Waals surface area contributed by atoms with Crippen LogP contribution in [-0.2, 0) is 0 Å². The number of rotatable bonds is 2. The Kier molecular flexibility index (Phi) is 3.57. The summed E-state index contributed by atoms with van der Waals surface area (Å²) < 4.78 is 0.851. The molecule has 17 heavy (non-hydrogen) atoms. The van der Waals surface area contributed by atoms with Gasteiger partial charge in [-0.2, -0.15) is 0 Å². The van der Waals surface area contributed by atoms with E-state index in [1.807, 2.05) is 18.2 Å². The van der Waals surface area contributed by atoms with E-state index >= 15 is 0 Å². The van der Waals surface area contributed by atoms with E-state index in [-0.39, 0.29) is 5.84 Å². The molecule has 1 fully saturated rings. The number of oxime groups is 1. The van der Waals surface area contributed by atoms with E-state index in [0.717, 1.165) is 22.3 Å². The summed E-state index contributed by atoms with van der Waals surface area (Å²) in [5.41, 5.74) is 7.55. The van der Waals surface area contributed by atoms with E-state index in [1.54, 1.807) is 0 Å². The molecular weight excluding hydrogens is 282 g/mol. The summed E-state index contributed by atoms with van der Waals surface area (Å²) in [5.74, 6) is 0.145. The van der Waals surface area contributed by atoms with Crippen molar-refractivity contribution in [1.29, 1.82) is 0 Å². The Labute approximate surface area is 109 Å². The highest BCUT2D eigenvalue weighted by Crippen LogP contribution is 2.32. The van der Waals surface area contributed by atoms with E-state index in [1.165, 1.54) is 12.8 Å². The lowest BCUT2D eigenvalue weighted by molar-refractivity contribution is 0.318. The van der Waals surface area contributed by atoms with Gasteiger partial charge in [-0.3, -0.25) is 0 Å². The summed E-state index contributed by atoms with van der Waals surface area (Å²) in [6.07, 6.45) is 2.37. The van der Waals surface area contributed by atoms with Crippen molar-refractivity contribution in [1.82, 2.24) is 0 Å². The molecule has 1 saturated heterocycles. The number of nitrogens with two attached hydrogens (primary N) is 1. The van der Waals surface area contributed by atoms with Crippen LogP contribution in [0.2, 0.25) is 0 Å². The van der Waals surface area contributed by atoms with E-state index in [4.69, 9.17) is 10.9 Å². The third-order valence-electron chi connectivity index (χ3n) is 3.22. The second kappa shape index (κ2) is 4.96. The van der Waals surface area contributed by atoms with Crippen molar-refractivity contribution in [2.45, 2.75) is 25.8 Å². The number of benzene rings is 1. The minimum atomic E-state index is 0.145. The summed E-state index contributed by atoms with van der Waals surface area (Å²) in [6, 6.07) is 6.38. The molecule has 1 heterocycles. The zero-order valence-electron chi connectivity index (χ0n) is 9.73. The van der Waals surface area contributed by atoms with Crippen molar-refractivity contribution in [3.63, 3.8) is 0 Å². The molecule has 0 amide bonds. The first-order valence-electron chi connectivity index (χ1n) is 5.68. The number of amidine groups is 1. The fraction of sp³-hybridized carbons (Fsp3) is 0.417. The summed E-state index contributed by atoms with van der Waals surface area (Å²) >= 11 is 3.46. The predicted octanol–water partition coefficient (Wildman–Crippen LogP) is 2.53. The summed E-state index contributed by atoms with van der Waals surface area (Å²) in [6.45, 7) is 3.22. The Morgan fingerprint density at radius 2 is 2.35 bits per heavy atom. The highest BCUT2D eigenvalue weighted by Gasteiger charge is 2.24. The Balaban J connectivity index is 2.50. The average molecular weight is 298 g/mol. The number of nitrogens with zero attached hydrogens (tertiary/aromatic N) is 2. The molecule has 3 N–H and O–H groups in total. The zero-order chi connectivity index (χ0) is 12.4. The second-order valence-corrected chi connectivity index (χ2v) is 5.16. The van der Waals surface area contributed by atoms with Crippen LogP contribution in [0, 0.1) is 0 Å². The molecule has 1 aliphatic rings. The van der Waals surface area contributed by atoms with Gasteiger partial charge in [0.25, 0.3) is 0 Å². The molecule has 5 heteroatoms. The largest absolute Gasteiger partial charge is 0.409 e. The van der Waals surface area contributed by atoms with Gasteiger partial charge < -0.3 is 15.8 Å². The second-order valence-electron chi connectivity index (χ2n) is 4.30. The smallest absolute Gasteiger partial charge is 0.173 e. The molecule has 1 unspecified atom stereocenters. The van der Waals surface area contributed by atoms with Gasteiger partial charge in [0.05, 0.1) is 5.56 Å². The van der Waals surface area contributed by atoms with Crippen molar-refractivity contribution in [3.8, 4) is 0 Å². The van der Waals surface area contributed by atoms with Crippen molar-refractivity contribution < 1.29 is 5.21 Å². The first-order valence-corrected chi connectivity index (χ1v) is 6.47. The molecule has 4 nitrogen and oxygen atoms in total. The van der Waals surface area contributed by atoms with Crippen LogP contribution in [0.25, 0.3) is 0 Å². The lowest BCUT2D eigenvalue weighted by Gasteiger charge is -2.26. The van der Waals surface area contributed by atoms with E-state index < -0.39 is 0 Å². The third-order valence-corrected chi connectivity index (χ3v) is 3.88. The van der Waals surface area contributed by atoms with Crippen LogP contribution in [0.3, 0.4) is 0 Å². The Morgan fingerprint density at radius 1 is 1.59 bits per heavy atom. The molecule has 1 aromatic carbocycles. The summed E-state index contributed by atoms with van der Waals surface area (Å²) in [4.78, 5) is 2.30. The molecule has 0 radical (unpaired) electrons. The maximum atomic E-state index is 8.87. The van der Waals surface area contributed by atoms with Gasteiger partial charge >= 0.3 is 0 Å². The number of hydrogen-bond donors (Lipinski definition) is 2. The molecular formula is C12H16BrN3O. The molecule has 1 aliphatic heterocycles. The first-order chi connectivity index (χ1) is 8.15. The van der Waals surface area contributed by atoms with Crippen LogP contribution in [0.15, 0.2) is 27.8 Å². The minimum Gasteiger partial charge on any atom is -0.409 e. The predicted molar refractivity (Wildman–Crippen MR) is 72.7 cm³/mol. The highest BCUT2D eigenvalue weighted by molar-refractivity contribution is 9.10. The zero-order valence-corrected chi connectivity index (χ0v) is 11.3. The third kappa shape index (κ3) is 2.24. The Hall–Kier alpha value is -1.23. The van der Waals surface area contributed by atoms with Gasteiger partial charge in [0, 0.05) is 22.7 Å². The molecule has 0 aromatic heterocycles. The van der Waals surface area contributed by atoms with Crippen LogP contribution in [0.5, 0.6) is 0 Å². The summed E-state index contributed by atoms with van der Waals surface area (Å²) in [5, 5.41) is 12.0. The van der Waals surface area contributed by atoms with Gasteiger partial charge in [-0.1, -0.05) is 11.2 Å². The Bertz CT molecular complexity index is 447. The topological polar surface area (TPSA) is 61.8 Å². The minimum absolute atomic E-state index is 0.145. The molecule has 1 atom stereocenters. The molecule has 1 aromatic rings. The molecule has 0 aliphatic carbocycles. The van der Waals surface area contributed by atoms with Crippen molar-refractivity contribution >= 4 is 27.5 Å². The van der Waals surface area contributed by atoms with Crippen molar-refractivity contribution in [3.05, 3.63) is 28.2 Å². The van der Waals surface area contributed by atoms with Crippen LogP contribution in [0.1, 0.15) is 25.3 Å². The molecule has 0 saturated carbocycles. The van der Waals surface area contributed by atoms with Crippen molar-refractivity contribution in [2.24, 2.45) is 10.9 Å². The molecule has 92 valence electrons. The van der Waals surface area contributed by atoms with Gasteiger partial charge in [0.2, 0.25) is 0 Å². The standard InChI is InChI=1S/C12H16BrN3O/c1-8-4-3-7-16(8)10-6-2-5-9(13)11(10)12(14)15-17/h2,5-6,8,17H,3-4,7H2,1H3,(H2,14,15). The van der Waals surface area contributed by atoms with Crippen LogP contribution in [0.4, 0.5) is 5.69 Å². The van der Waals surface area contributed by atoms with Crippen LogP contribution >= 0.6 is 15.9 Å². The van der Waals surface area contributed by atoms with Gasteiger partial charge in [0.15, 0.2) is 5.84 Å². The Morgan fingerprint density at radius 3 is 2.94 bits per heavy atom. The van der Waals surface area contributed by atoms with Gasteiger partial charge in [-0.15, -0.1) is 0 Å². The van der Waals surface area contributed by atoms with Gasteiger partial charge in [0.1, 0.15) is 0 Å². The SMILES string of the molecule is CC1CCCN1c1cccc(Br)c1/C(N)=N/O. The lowest BCUT2D eigenvalue weighted by atomic mass is 10.1. The monoisotopic (exact) mass is 297 g/mol. The van der Waals surface area contributed by atoms with E-state index in [2.05, 4.69) is 32.9 Å². The van der Waals surface area contributed by atoms with Crippen molar-refractivity contribution in [2.75, 3.05) is 11.4 Å². The first kappa shape index (κ1) is 12.2. The number of hydrogen-bond acceptors (Lipinski definition) is 3. The molecule has 0 bridgehead atoms. The van der Waals surface area contributed by atoms with Crippen LogP contribution in [-0.4, -0.2) is 23.6 Å². The number of halogens is 1. The van der Waals surface area contributed by atoms with E-state index in [0.29, 0.717) is 6.04 Å². The van der Waals surface area contributed by atoms with Gasteiger partial charge in [-0.25, -0.2) is 0 Å². The number of anilines is 1. The fourth-order valence-electron chi connectivity index (χ4n) is 2.35. The highest BCUT2D eigenvalue weighted by atomic mass is 79.9. The van der Waals surface area contributed by atoms with E-state index in [9.17, 15) is 0 Å². The maximum absolute atomic E-state index is 8.87. The lowest BCUT2D eigenvalue weighted by Crippen LogP contribution is -2.29.